The lowest BCUT2D eigenvalue weighted by Crippen LogP contribution is -2.21. The van der Waals surface area contributed by atoms with Gasteiger partial charge < -0.3 is 16.2 Å². The Kier molecular flexibility index (Phi) is 3.50. The van der Waals surface area contributed by atoms with Crippen LogP contribution in [-0.4, -0.2) is 17.6 Å². The molecule has 4 nitrogen and oxygen atoms in total. The van der Waals surface area contributed by atoms with Crippen molar-refractivity contribution in [2.45, 2.75) is 25.7 Å². The van der Waals surface area contributed by atoms with Crippen LogP contribution in [0.1, 0.15) is 36.0 Å². The Bertz CT molecular complexity index is 547. The number of aromatic carboxylic acids is 1. The van der Waals surface area contributed by atoms with Crippen LogP contribution in [0.4, 0.5) is 11.4 Å². The van der Waals surface area contributed by atoms with Gasteiger partial charge in [-0.25, -0.2) is 4.79 Å². The summed E-state index contributed by atoms with van der Waals surface area (Å²) in [7, 11) is 0. The number of carboxylic acid groups (broad SMARTS) is 1. The van der Waals surface area contributed by atoms with Gasteiger partial charge in [0.25, 0.3) is 0 Å². The first-order chi connectivity index (χ1) is 9.54. The molecule has 2 fully saturated rings. The van der Waals surface area contributed by atoms with E-state index in [1.165, 1.54) is 31.7 Å². The smallest absolute Gasteiger partial charge is 0.337 e. The van der Waals surface area contributed by atoms with Gasteiger partial charge in [0.15, 0.2) is 0 Å². The molecule has 20 heavy (non-hydrogen) atoms. The first kappa shape index (κ1) is 13.6. The number of carboxylic acids is 1. The summed E-state index contributed by atoms with van der Waals surface area (Å²) in [6.45, 7) is 0.797. The number of hydrogen-bond donors (Lipinski definition) is 3. The molecule has 0 heterocycles. The molecule has 108 valence electrons. The Morgan fingerprint density at radius 1 is 1.40 bits per heavy atom. The van der Waals surface area contributed by atoms with Crippen LogP contribution in [0, 0.1) is 17.8 Å². The number of anilines is 2. The molecule has 3 atom stereocenters. The average Bonchev–Trinajstić information content (AvgIpc) is 2.98. The van der Waals surface area contributed by atoms with E-state index >= 15 is 0 Å². The number of carbonyl (C=O) groups is 1. The van der Waals surface area contributed by atoms with Gasteiger partial charge in [0.05, 0.1) is 16.3 Å². The van der Waals surface area contributed by atoms with Crippen molar-refractivity contribution in [2.75, 3.05) is 17.6 Å². The van der Waals surface area contributed by atoms with E-state index in [2.05, 4.69) is 5.32 Å². The minimum Gasteiger partial charge on any atom is -0.478 e. The second kappa shape index (κ2) is 5.17. The number of fused-ring (bicyclic) bond motifs is 2. The van der Waals surface area contributed by atoms with Gasteiger partial charge in [-0.05, 0) is 49.1 Å². The molecule has 5 heteroatoms. The number of rotatable bonds is 4. The molecule has 2 bridgehead atoms. The summed E-state index contributed by atoms with van der Waals surface area (Å²) in [4.78, 5) is 11.3. The van der Waals surface area contributed by atoms with Crippen molar-refractivity contribution in [1.82, 2.24) is 0 Å². The van der Waals surface area contributed by atoms with Gasteiger partial charge in [0.2, 0.25) is 0 Å². The second-order valence-electron chi connectivity index (χ2n) is 6.05. The van der Waals surface area contributed by atoms with Gasteiger partial charge >= 0.3 is 5.97 Å². The van der Waals surface area contributed by atoms with Crippen molar-refractivity contribution in [2.24, 2.45) is 17.8 Å². The van der Waals surface area contributed by atoms with E-state index in [-0.39, 0.29) is 5.56 Å². The van der Waals surface area contributed by atoms with Crippen LogP contribution in [0.5, 0.6) is 0 Å². The molecule has 0 spiro atoms. The number of benzene rings is 1. The van der Waals surface area contributed by atoms with Gasteiger partial charge in [-0.15, -0.1) is 0 Å². The first-order valence-corrected chi connectivity index (χ1v) is 7.48. The van der Waals surface area contributed by atoms with Crippen molar-refractivity contribution in [1.29, 1.82) is 0 Å². The van der Waals surface area contributed by atoms with E-state index in [0.717, 1.165) is 18.4 Å². The lowest BCUT2D eigenvalue weighted by molar-refractivity contribution is 0.0698. The van der Waals surface area contributed by atoms with E-state index in [0.29, 0.717) is 22.3 Å². The SMILES string of the molecule is Nc1cc(Cl)c(NCC2CC3CCC2C3)c(C(=O)O)c1. The van der Waals surface area contributed by atoms with Gasteiger partial charge in [0.1, 0.15) is 0 Å². The predicted octanol–water partition coefficient (Wildman–Crippen LogP) is 3.47. The Labute approximate surface area is 123 Å². The monoisotopic (exact) mass is 294 g/mol. The summed E-state index contributed by atoms with van der Waals surface area (Å²) < 4.78 is 0. The summed E-state index contributed by atoms with van der Waals surface area (Å²) in [6, 6.07) is 3.05. The molecule has 2 saturated carbocycles. The molecule has 2 aliphatic rings. The van der Waals surface area contributed by atoms with Gasteiger partial charge in [-0.3, -0.25) is 0 Å². The summed E-state index contributed by atoms with van der Waals surface area (Å²) in [5.74, 6) is 1.32. The minimum atomic E-state index is -1.00. The molecule has 1 aromatic carbocycles. The molecule has 1 aromatic rings. The number of halogens is 1. The molecule has 2 aliphatic carbocycles. The average molecular weight is 295 g/mol. The van der Waals surface area contributed by atoms with E-state index in [1.807, 2.05) is 0 Å². The van der Waals surface area contributed by atoms with Crippen molar-refractivity contribution in [3.05, 3.63) is 22.7 Å². The van der Waals surface area contributed by atoms with Gasteiger partial charge in [-0.2, -0.15) is 0 Å². The highest BCUT2D eigenvalue weighted by Gasteiger charge is 2.39. The number of hydrogen-bond acceptors (Lipinski definition) is 3. The molecule has 3 rings (SSSR count). The molecular formula is C15H19ClN2O2. The lowest BCUT2D eigenvalue weighted by atomic mass is 9.89. The fraction of sp³-hybridized carbons (Fsp3) is 0.533. The zero-order chi connectivity index (χ0) is 14.3. The summed E-state index contributed by atoms with van der Waals surface area (Å²) >= 11 is 6.14. The second-order valence-corrected chi connectivity index (χ2v) is 6.45. The maximum absolute atomic E-state index is 11.3. The van der Waals surface area contributed by atoms with Crippen LogP contribution in [-0.2, 0) is 0 Å². The van der Waals surface area contributed by atoms with Crippen LogP contribution in [0.2, 0.25) is 5.02 Å². The van der Waals surface area contributed by atoms with E-state index < -0.39 is 5.97 Å². The molecule has 3 unspecified atom stereocenters. The number of nitrogens with one attached hydrogen (secondary N) is 1. The molecule has 0 radical (unpaired) electrons. The van der Waals surface area contributed by atoms with Gasteiger partial charge in [0, 0.05) is 12.2 Å². The molecule has 0 aromatic heterocycles. The van der Waals surface area contributed by atoms with Crippen LogP contribution >= 0.6 is 11.6 Å². The third kappa shape index (κ3) is 2.44. The largest absolute Gasteiger partial charge is 0.478 e. The summed E-state index contributed by atoms with van der Waals surface area (Å²) in [5, 5.41) is 12.9. The Morgan fingerprint density at radius 3 is 2.80 bits per heavy atom. The highest BCUT2D eigenvalue weighted by Crippen LogP contribution is 2.48. The highest BCUT2D eigenvalue weighted by atomic mass is 35.5. The fourth-order valence-electron chi connectivity index (χ4n) is 3.84. The van der Waals surface area contributed by atoms with Crippen LogP contribution in [0.15, 0.2) is 12.1 Å². The minimum absolute atomic E-state index is 0.151. The van der Waals surface area contributed by atoms with E-state index in [9.17, 15) is 9.90 Å². The highest BCUT2D eigenvalue weighted by molar-refractivity contribution is 6.34. The van der Waals surface area contributed by atoms with Gasteiger partial charge in [-0.1, -0.05) is 18.0 Å². The Balaban J connectivity index is 1.75. The van der Waals surface area contributed by atoms with E-state index in [4.69, 9.17) is 17.3 Å². The summed E-state index contributed by atoms with van der Waals surface area (Å²) in [5.41, 5.74) is 6.68. The maximum Gasteiger partial charge on any atom is 0.337 e. The molecule has 4 N–H and O–H groups in total. The lowest BCUT2D eigenvalue weighted by Gasteiger charge is -2.23. The van der Waals surface area contributed by atoms with Crippen molar-refractivity contribution < 1.29 is 9.90 Å². The maximum atomic E-state index is 11.3. The standard InChI is InChI=1S/C15H19ClN2O2/c16-13-6-11(17)5-12(15(19)20)14(13)18-7-10-4-8-1-2-9(10)3-8/h5-6,8-10,18H,1-4,7,17H2,(H,19,20). The molecule has 0 saturated heterocycles. The van der Waals surface area contributed by atoms with Crippen LogP contribution < -0.4 is 11.1 Å². The summed E-state index contributed by atoms with van der Waals surface area (Å²) in [6.07, 6.45) is 5.28. The number of nitrogen functional groups attached to an aromatic ring is 1. The third-order valence-corrected chi connectivity index (χ3v) is 5.07. The quantitative estimate of drug-likeness (QED) is 0.743. The fourth-order valence-corrected chi connectivity index (χ4v) is 4.13. The molecule has 0 amide bonds. The molecule has 0 aliphatic heterocycles. The van der Waals surface area contributed by atoms with Crippen molar-refractivity contribution >= 4 is 28.9 Å². The molecular weight excluding hydrogens is 276 g/mol. The zero-order valence-electron chi connectivity index (χ0n) is 11.2. The first-order valence-electron chi connectivity index (χ1n) is 7.10. The topological polar surface area (TPSA) is 75.3 Å². The van der Waals surface area contributed by atoms with E-state index in [1.54, 1.807) is 6.07 Å². The van der Waals surface area contributed by atoms with Crippen molar-refractivity contribution in [3.8, 4) is 0 Å². The van der Waals surface area contributed by atoms with Crippen LogP contribution in [0.25, 0.3) is 0 Å². The van der Waals surface area contributed by atoms with Crippen LogP contribution in [0.3, 0.4) is 0 Å². The third-order valence-electron chi connectivity index (χ3n) is 4.77. The Hall–Kier alpha value is -1.42. The number of nitrogens with two attached hydrogens (primary N) is 1. The zero-order valence-corrected chi connectivity index (χ0v) is 12.0. The normalized spacial score (nSPS) is 27.8. The predicted molar refractivity (Wildman–Crippen MR) is 80.3 cm³/mol. The van der Waals surface area contributed by atoms with Crippen molar-refractivity contribution in [3.63, 3.8) is 0 Å². The Morgan fingerprint density at radius 2 is 2.20 bits per heavy atom.